The number of carboxylic acids is 1. The first-order chi connectivity index (χ1) is 21.1. The van der Waals surface area contributed by atoms with Gasteiger partial charge < -0.3 is 57.9 Å². The second-order valence-electron chi connectivity index (χ2n) is 10.1. The highest BCUT2D eigenvalue weighted by Gasteiger charge is 2.33. The lowest BCUT2D eigenvalue weighted by Gasteiger charge is -2.27. The summed E-state index contributed by atoms with van der Waals surface area (Å²) >= 11 is 1.36. The van der Waals surface area contributed by atoms with Crippen molar-refractivity contribution in [2.75, 3.05) is 25.2 Å². The molecule has 0 bridgehead atoms. The number of aliphatic carboxylic acids is 1. The second kappa shape index (κ2) is 19.4. The third kappa shape index (κ3) is 13.3. The van der Waals surface area contributed by atoms with Crippen LogP contribution in [0, 0.1) is 0 Å². The zero-order valence-corrected chi connectivity index (χ0v) is 25.9. The van der Waals surface area contributed by atoms with Crippen molar-refractivity contribution in [3.05, 3.63) is 29.8 Å². The van der Waals surface area contributed by atoms with Gasteiger partial charge >= 0.3 is 5.97 Å². The van der Waals surface area contributed by atoms with Crippen molar-refractivity contribution in [1.82, 2.24) is 26.6 Å². The number of aliphatic hydroxyl groups is 3. The van der Waals surface area contributed by atoms with Gasteiger partial charge in [0.2, 0.25) is 29.5 Å². The van der Waals surface area contributed by atoms with Crippen molar-refractivity contribution in [3.8, 4) is 5.75 Å². The van der Waals surface area contributed by atoms with E-state index in [0.717, 1.165) is 0 Å². The quantitative estimate of drug-likeness (QED) is 0.0675. The molecule has 0 saturated carbocycles. The number of hydrogen-bond acceptors (Lipinski definition) is 12. The van der Waals surface area contributed by atoms with E-state index in [-0.39, 0.29) is 18.6 Å². The molecule has 7 atom stereocenters. The molecule has 0 aliphatic heterocycles. The van der Waals surface area contributed by atoms with Gasteiger partial charge in [-0.25, -0.2) is 4.79 Å². The summed E-state index contributed by atoms with van der Waals surface area (Å²) in [5, 5.41) is 58.8. The fourth-order valence-corrected chi connectivity index (χ4v) is 4.20. The molecule has 0 aliphatic rings. The van der Waals surface area contributed by atoms with Crippen LogP contribution in [0.2, 0.25) is 0 Å². The summed E-state index contributed by atoms with van der Waals surface area (Å²) in [5.41, 5.74) is 5.96. The van der Waals surface area contributed by atoms with E-state index in [4.69, 9.17) is 15.9 Å². The van der Waals surface area contributed by atoms with Crippen LogP contribution >= 0.6 is 11.8 Å². The first-order valence-electron chi connectivity index (χ1n) is 13.8. The lowest BCUT2D eigenvalue weighted by atomic mass is 10.0. The summed E-state index contributed by atoms with van der Waals surface area (Å²) in [4.78, 5) is 75.5. The summed E-state index contributed by atoms with van der Waals surface area (Å²) in [6.45, 7) is 0.907. The van der Waals surface area contributed by atoms with E-state index in [1.807, 2.05) is 0 Å². The largest absolute Gasteiger partial charge is 0.508 e. The summed E-state index contributed by atoms with van der Waals surface area (Å²) in [6, 6.07) is -2.73. The molecule has 1 aromatic rings. The average molecular weight is 659 g/mol. The molecule has 252 valence electrons. The number of rotatable bonds is 19. The molecule has 0 fully saturated rings. The molecule has 0 spiro atoms. The second-order valence-corrected chi connectivity index (χ2v) is 11.1. The number of carboxylic acid groups (broad SMARTS) is 1. The Morgan fingerprint density at radius 2 is 1.33 bits per heavy atom. The number of benzene rings is 1. The Labute approximate surface area is 263 Å². The highest BCUT2D eigenvalue weighted by molar-refractivity contribution is 7.98. The van der Waals surface area contributed by atoms with Gasteiger partial charge in [0.25, 0.3) is 0 Å². The Morgan fingerprint density at radius 1 is 0.778 bits per heavy atom. The Kier molecular flexibility index (Phi) is 16.9. The molecule has 45 heavy (non-hydrogen) atoms. The van der Waals surface area contributed by atoms with Crippen LogP contribution in [0.4, 0.5) is 0 Å². The average Bonchev–Trinajstić information content (AvgIpc) is 2.99. The maximum absolute atomic E-state index is 13.4. The molecular formula is C27H42N6O11S. The lowest BCUT2D eigenvalue weighted by molar-refractivity contribution is -0.143. The van der Waals surface area contributed by atoms with E-state index >= 15 is 0 Å². The predicted molar refractivity (Wildman–Crippen MR) is 162 cm³/mol. The molecule has 0 aliphatic carbocycles. The number of nitrogens with two attached hydrogens (primary N) is 1. The van der Waals surface area contributed by atoms with Crippen LogP contribution in [0.25, 0.3) is 0 Å². The van der Waals surface area contributed by atoms with Crippen LogP contribution < -0.4 is 32.3 Å². The van der Waals surface area contributed by atoms with Crippen LogP contribution in [0.15, 0.2) is 24.3 Å². The Balaban J connectivity index is 3.14. The van der Waals surface area contributed by atoms with Gasteiger partial charge in [0.05, 0.1) is 19.3 Å². The van der Waals surface area contributed by atoms with Crippen molar-refractivity contribution in [3.63, 3.8) is 0 Å². The number of phenols is 1. The maximum Gasteiger partial charge on any atom is 0.328 e. The first-order valence-corrected chi connectivity index (χ1v) is 15.2. The minimum Gasteiger partial charge on any atom is -0.508 e. The zero-order valence-electron chi connectivity index (χ0n) is 25.1. The fourth-order valence-electron chi connectivity index (χ4n) is 3.73. The number of aliphatic hydroxyl groups excluding tert-OH is 3. The van der Waals surface area contributed by atoms with Gasteiger partial charge in [-0.1, -0.05) is 12.1 Å². The number of aromatic hydroxyl groups is 1. The minimum absolute atomic E-state index is 0.0556. The van der Waals surface area contributed by atoms with Crippen LogP contribution in [0.3, 0.4) is 0 Å². The van der Waals surface area contributed by atoms with Gasteiger partial charge in [0, 0.05) is 6.42 Å². The normalized spacial score (nSPS) is 15.6. The molecule has 18 heteroatoms. The van der Waals surface area contributed by atoms with Crippen molar-refractivity contribution < 1.29 is 54.3 Å². The molecule has 12 N–H and O–H groups in total. The molecule has 5 amide bonds. The summed E-state index contributed by atoms with van der Waals surface area (Å²) in [6.07, 6.45) is 0.255. The molecular weight excluding hydrogens is 616 g/mol. The zero-order chi connectivity index (χ0) is 34.3. The highest BCUT2D eigenvalue weighted by atomic mass is 32.2. The van der Waals surface area contributed by atoms with Gasteiger partial charge in [-0.15, -0.1) is 0 Å². The predicted octanol–water partition coefficient (Wildman–Crippen LogP) is -4.09. The molecule has 0 aromatic heterocycles. The fraction of sp³-hybridized carbons (Fsp3) is 0.556. The van der Waals surface area contributed by atoms with Crippen molar-refractivity contribution >= 4 is 47.3 Å². The van der Waals surface area contributed by atoms with E-state index in [0.29, 0.717) is 11.3 Å². The minimum atomic E-state index is -1.60. The van der Waals surface area contributed by atoms with E-state index in [1.54, 1.807) is 6.26 Å². The standard InChI is InChI=1S/C27H42N6O11S/c1-13(22(38)30-18(8-9-45-3)24(40)32-20(12-35)27(43)44)29-25(41)19(10-15-4-6-16(37)7-5-15)31-26(42)21(14(2)36)33-23(39)17(28)11-34/h4-7,13-14,17-21,34-37H,8-12,28H2,1-3H3,(H,29,41)(H,30,38)(H,31,42)(H,32,40)(H,33,39)(H,43,44)/t13-,14+,17-,18-,19-,20-,21-/m0/s1. The number of nitrogens with one attached hydrogen (secondary N) is 5. The van der Waals surface area contributed by atoms with Gasteiger partial charge in [0.15, 0.2) is 0 Å². The number of hydrogen-bond donors (Lipinski definition) is 11. The van der Waals surface area contributed by atoms with Gasteiger partial charge in [-0.3, -0.25) is 24.0 Å². The molecule has 1 aromatic carbocycles. The smallest absolute Gasteiger partial charge is 0.328 e. The third-order valence-electron chi connectivity index (χ3n) is 6.40. The number of amides is 5. The van der Waals surface area contributed by atoms with E-state index in [2.05, 4.69) is 26.6 Å². The Hall–Kier alpha value is -3.97. The Bertz CT molecular complexity index is 1170. The maximum atomic E-state index is 13.4. The van der Waals surface area contributed by atoms with Crippen LogP contribution in [0.1, 0.15) is 25.8 Å². The third-order valence-corrected chi connectivity index (χ3v) is 7.04. The molecule has 0 unspecified atom stereocenters. The topological polar surface area (TPSA) is 290 Å². The number of carbonyl (C=O) groups is 6. The van der Waals surface area contributed by atoms with Crippen molar-refractivity contribution in [2.24, 2.45) is 5.73 Å². The summed E-state index contributed by atoms with van der Waals surface area (Å²) in [5.74, 6) is -5.58. The number of thioether (sulfide) groups is 1. The van der Waals surface area contributed by atoms with Gasteiger partial charge in [-0.05, 0) is 50.0 Å². The van der Waals surface area contributed by atoms with E-state index < -0.39 is 91.1 Å². The monoisotopic (exact) mass is 658 g/mol. The highest BCUT2D eigenvalue weighted by Crippen LogP contribution is 2.12. The van der Waals surface area contributed by atoms with Crippen molar-refractivity contribution in [2.45, 2.75) is 69.0 Å². The van der Waals surface area contributed by atoms with Crippen LogP contribution in [0.5, 0.6) is 5.75 Å². The first kappa shape index (κ1) is 39.1. The van der Waals surface area contributed by atoms with Gasteiger partial charge in [0.1, 0.15) is 42.0 Å². The SMILES string of the molecule is CSCC[C@H](NC(=O)[C@H](C)NC(=O)[C@H](Cc1ccc(O)cc1)NC(=O)[C@@H](NC(=O)[C@@H](N)CO)[C@@H](C)O)C(=O)N[C@@H](CO)C(=O)O. The van der Waals surface area contributed by atoms with Crippen LogP contribution in [-0.2, 0) is 35.2 Å². The number of carbonyl (C=O) groups excluding carboxylic acids is 5. The molecule has 17 nitrogen and oxygen atoms in total. The molecule has 1 rings (SSSR count). The van der Waals surface area contributed by atoms with E-state index in [9.17, 15) is 44.1 Å². The van der Waals surface area contributed by atoms with Crippen molar-refractivity contribution in [1.29, 1.82) is 0 Å². The molecule has 0 saturated heterocycles. The number of phenolic OH excluding ortho intramolecular Hbond substituents is 1. The molecule has 0 radical (unpaired) electrons. The molecule has 0 heterocycles. The lowest BCUT2D eigenvalue weighted by Crippen LogP contribution is -2.61. The summed E-state index contributed by atoms with van der Waals surface area (Å²) in [7, 11) is 0. The van der Waals surface area contributed by atoms with Gasteiger partial charge in [-0.2, -0.15) is 11.8 Å². The Morgan fingerprint density at radius 3 is 1.84 bits per heavy atom. The van der Waals surface area contributed by atoms with Crippen LogP contribution in [-0.4, -0.2) is 129 Å². The van der Waals surface area contributed by atoms with E-state index in [1.165, 1.54) is 49.9 Å². The summed E-state index contributed by atoms with van der Waals surface area (Å²) < 4.78 is 0.